The molecule has 0 radical (unpaired) electrons. The van der Waals surface area contributed by atoms with E-state index in [-0.39, 0.29) is 11.6 Å². The van der Waals surface area contributed by atoms with Crippen molar-refractivity contribution in [2.45, 2.75) is 20.4 Å². The summed E-state index contributed by atoms with van der Waals surface area (Å²) in [5.41, 5.74) is 4.58. The highest BCUT2D eigenvalue weighted by Crippen LogP contribution is 2.12. The summed E-state index contributed by atoms with van der Waals surface area (Å²) in [6.45, 7) is 4.13. The van der Waals surface area contributed by atoms with Gasteiger partial charge in [0.2, 0.25) is 0 Å². The molecule has 1 amide bonds. The van der Waals surface area contributed by atoms with Crippen LogP contribution in [0.2, 0.25) is 0 Å². The molecule has 0 saturated heterocycles. The van der Waals surface area contributed by atoms with Gasteiger partial charge in [0.15, 0.2) is 11.3 Å². The third kappa shape index (κ3) is 3.05. The maximum Gasteiger partial charge on any atom is 0.273 e. The third-order valence-electron chi connectivity index (χ3n) is 3.85. The number of amides is 1. The maximum atomic E-state index is 12.4. The van der Waals surface area contributed by atoms with E-state index in [9.17, 15) is 4.79 Å². The molecule has 2 heterocycles. The number of nitrogens with one attached hydrogen (secondary N) is 1. The highest BCUT2D eigenvalue weighted by atomic mass is 16.1. The van der Waals surface area contributed by atoms with Crippen LogP contribution in [-0.4, -0.2) is 39.8 Å². The molecule has 0 spiro atoms. The van der Waals surface area contributed by atoms with E-state index in [1.54, 1.807) is 4.52 Å². The van der Waals surface area contributed by atoms with E-state index in [2.05, 4.69) is 20.6 Å². The van der Waals surface area contributed by atoms with Gasteiger partial charge < -0.3 is 10.2 Å². The SMILES string of the molecule is Cc1cc2nnc(C(=O)NCc3ccc(N(C)C)cc3)c(C)n2n1. The molecular weight excluding hydrogens is 304 g/mol. The number of aryl methyl sites for hydroxylation is 2. The van der Waals surface area contributed by atoms with Crippen molar-refractivity contribution in [3.8, 4) is 0 Å². The van der Waals surface area contributed by atoms with E-state index in [1.807, 2.05) is 63.2 Å². The minimum absolute atomic E-state index is 0.258. The van der Waals surface area contributed by atoms with Crippen molar-refractivity contribution in [3.05, 3.63) is 53.0 Å². The van der Waals surface area contributed by atoms with Crippen LogP contribution in [0.25, 0.3) is 5.65 Å². The maximum absolute atomic E-state index is 12.4. The first-order valence-electron chi connectivity index (χ1n) is 7.70. The third-order valence-corrected chi connectivity index (χ3v) is 3.85. The Labute approximate surface area is 140 Å². The van der Waals surface area contributed by atoms with E-state index in [4.69, 9.17) is 0 Å². The van der Waals surface area contributed by atoms with E-state index in [1.165, 1.54) is 0 Å². The number of anilines is 1. The highest BCUT2D eigenvalue weighted by molar-refractivity contribution is 5.93. The van der Waals surface area contributed by atoms with Crippen molar-refractivity contribution in [2.24, 2.45) is 0 Å². The van der Waals surface area contributed by atoms with E-state index < -0.39 is 0 Å². The molecule has 3 rings (SSSR count). The second-order valence-corrected chi connectivity index (χ2v) is 5.93. The van der Waals surface area contributed by atoms with Crippen LogP contribution in [0, 0.1) is 13.8 Å². The van der Waals surface area contributed by atoms with E-state index in [0.29, 0.717) is 17.9 Å². The average Bonchev–Trinajstić information content (AvgIpc) is 2.95. The largest absolute Gasteiger partial charge is 0.378 e. The molecule has 124 valence electrons. The summed E-state index contributed by atoms with van der Waals surface area (Å²) in [5, 5.41) is 15.3. The molecule has 0 aliphatic heterocycles. The smallest absolute Gasteiger partial charge is 0.273 e. The number of rotatable bonds is 4. The predicted octanol–water partition coefficient (Wildman–Crippen LogP) is 1.74. The highest BCUT2D eigenvalue weighted by Gasteiger charge is 2.15. The Morgan fingerprint density at radius 2 is 1.88 bits per heavy atom. The number of aromatic nitrogens is 4. The van der Waals surface area contributed by atoms with Crippen molar-refractivity contribution in [1.82, 2.24) is 25.1 Å². The van der Waals surface area contributed by atoms with Gasteiger partial charge in [0, 0.05) is 32.4 Å². The molecule has 7 heteroatoms. The zero-order chi connectivity index (χ0) is 17.3. The van der Waals surface area contributed by atoms with E-state index in [0.717, 1.165) is 16.9 Å². The summed E-state index contributed by atoms with van der Waals surface area (Å²) in [7, 11) is 3.98. The molecule has 24 heavy (non-hydrogen) atoms. The Morgan fingerprint density at radius 1 is 1.17 bits per heavy atom. The van der Waals surface area contributed by atoms with Crippen LogP contribution in [0.15, 0.2) is 30.3 Å². The molecule has 0 unspecified atom stereocenters. The lowest BCUT2D eigenvalue weighted by Gasteiger charge is -2.13. The molecule has 1 N–H and O–H groups in total. The van der Waals surface area contributed by atoms with Gasteiger partial charge >= 0.3 is 0 Å². The number of fused-ring (bicyclic) bond motifs is 1. The van der Waals surface area contributed by atoms with Gasteiger partial charge in [-0.2, -0.15) is 5.10 Å². The van der Waals surface area contributed by atoms with Gasteiger partial charge in [0.25, 0.3) is 5.91 Å². The summed E-state index contributed by atoms with van der Waals surface area (Å²) in [6, 6.07) is 9.85. The minimum Gasteiger partial charge on any atom is -0.378 e. The quantitative estimate of drug-likeness (QED) is 0.791. The number of nitrogens with zero attached hydrogens (tertiary/aromatic N) is 5. The summed E-state index contributed by atoms with van der Waals surface area (Å²) in [5.74, 6) is -0.258. The van der Waals surface area contributed by atoms with Crippen LogP contribution in [0.4, 0.5) is 5.69 Å². The van der Waals surface area contributed by atoms with Gasteiger partial charge in [-0.1, -0.05) is 12.1 Å². The molecule has 0 aliphatic rings. The van der Waals surface area contributed by atoms with Gasteiger partial charge in [0.05, 0.1) is 11.4 Å². The molecular formula is C17H20N6O. The number of hydrogen-bond acceptors (Lipinski definition) is 5. The minimum atomic E-state index is -0.258. The van der Waals surface area contributed by atoms with Gasteiger partial charge in [-0.3, -0.25) is 4.79 Å². The van der Waals surface area contributed by atoms with Crippen molar-refractivity contribution in [2.75, 3.05) is 19.0 Å². The Balaban J connectivity index is 1.74. The zero-order valence-corrected chi connectivity index (χ0v) is 14.2. The normalized spacial score (nSPS) is 10.8. The summed E-state index contributed by atoms with van der Waals surface area (Å²) < 4.78 is 1.64. The van der Waals surface area contributed by atoms with Crippen LogP contribution < -0.4 is 10.2 Å². The predicted molar refractivity (Wildman–Crippen MR) is 92.2 cm³/mol. The first-order valence-corrected chi connectivity index (χ1v) is 7.70. The fourth-order valence-electron chi connectivity index (χ4n) is 2.47. The standard InChI is InChI=1S/C17H20N6O/c1-11-9-15-19-20-16(12(2)23(15)21-11)17(24)18-10-13-5-7-14(8-6-13)22(3)4/h5-9H,10H2,1-4H3,(H,18,24). The fourth-order valence-corrected chi connectivity index (χ4v) is 2.47. The van der Waals surface area contributed by atoms with Crippen LogP contribution in [0.1, 0.15) is 27.4 Å². The van der Waals surface area contributed by atoms with E-state index >= 15 is 0 Å². The Bertz CT molecular complexity index is 882. The Kier molecular flexibility index (Phi) is 4.16. The Morgan fingerprint density at radius 3 is 2.54 bits per heavy atom. The van der Waals surface area contributed by atoms with Gasteiger partial charge in [0.1, 0.15) is 0 Å². The molecule has 0 aliphatic carbocycles. The second kappa shape index (κ2) is 6.27. The second-order valence-electron chi connectivity index (χ2n) is 5.93. The van der Waals surface area contributed by atoms with Crippen LogP contribution in [0.5, 0.6) is 0 Å². The lowest BCUT2D eigenvalue weighted by atomic mass is 10.2. The van der Waals surface area contributed by atoms with Crippen molar-refractivity contribution in [3.63, 3.8) is 0 Å². The molecule has 0 fully saturated rings. The molecule has 3 aromatic rings. The van der Waals surface area contributed by atoms with Gasteiger partial charge in [-0.25, -0.2) is 4.52 Å². The molecule has 1 aromatic carbocycles. The van der Waals surface area contributed by atoms with Crippen molar-refractivity contribution >= 4 is 17.2 Å². The first kappa shape index (κ1) is 15.9. The van der Waals surface area contributed by atoms with Crippen molar-refractivity contribution in [1.29, 1.82) is 0 Å². The van der Waals surface area contributed by atoms with Gasteiger partial charge in [-0.05, 0) is 31.5 Å². The lowest BCUT2D eigenvalue weighted by molar-refractivity contribution is 0.0943. The molecule has 0 atom stereocenters. The topological polar surface area (TPSA) is 75.4 Å². The summed E-state index contributed by atoms with van der Waals surface area (Å²) >= 11 is 0. The first-order chi connectivity index (χ1) is 11.5. The zero-order valence-electron chi connectivity index (χ0n) is 14.2. The molecule has 0 saturated carbocycles. The van der Waals surface area contributed by atoms with Crippen LogP contribution >= 0.6 is 0 Å². The van der Waals surface area contributed by atoms with Crippen molar-refractivity contribution < 1.29 is 4.79 Å². The molecule has 0 bridgehead atoms. The van der Waals surface area contributed by atoms with Crippen LogP contribution in [-0.2, 0) is 6.54 Å². The van der Waals surface area contributed by atoms with Gasteiger partial charge in [-0.15, -0.1) is 10.2 Å². The number of carbonyl (C=O) groups is 1. The molecule has 7 nitrogen and oxygen atoms in total. The van der Waals surface area contributed by atoms with Crippen LogP contribution in [0.3, 0.4) is 0 Å². The summed E-state index contributed by atoms with van der Waals surface area (Å²) in [6.07, 6.45) is 0. The lowest BCUT2D eigenvalue weighted by Crippen LogP contribution is -2.26. The number of benzene rings is 1. The molecule has 2 aromatic heterocycles. The summed E-state index contributed by atoms with van der Waals surface area (Å²) in [4.78, 5) is 14.4. The monoisotopic (exact) mass is 324 g/mol. The number of carbonyl (C=O) groups excluding carboxylic acids is 1. The average molecular weight is 324 g/mol. The Hall–Kier alpha value is -2.96. The number of hydrogen-bond donors (Lipinski definition) is 1. The fraction of sp³-hybridized carbons (Fsp3) is 0.294.